The number of hydrogen-bond acceptors (Lipinski definition) is 5. The summed E-state index contributed by atoms with van der Waals surface area (Å²) in [6, 6.07) is 4.82. The molecule has 1 aromatic heterocycles. The Labute approximate surface area is 97.4 Å². The zero-order valence-corrected chi connectivity index (χ0v) is 9.30. The molecule has 0 N–H and O–H groups in total. The molecule has 0 fully saturated rings. The molecule has 0 spiro atoms. The molecule has 2 heterocycles. The number of fused-ring (bicyclic) bond motifs is 1. The predicted molar refractivity (Wildman–Crippen MR) is 57.6 cm³/mol. The summed E-state index contributed by atoms with van der Waals surface area (Å²) in [5, 5.41) is 8.82. The van der Waals surface area contributed by atoms with Crippen LogP contribution in [0.3, 0.4) is 0 Å². The van der Waals surface area contributed by atoms with Gasteiger partial charge >= 0.3 is 0 Å². The molecular formula is C11H9N3O3. The van der Waals surface area contributed by atoms with E-state index in [-0.39, 0.29) is 11.6 Å². The molecule has 86 valence electrons. The van der Waals surface area contributed by atoms with E-state index >= 15 is 0 Å². The number of ether oxygens (including phenoxy) is 1. The van der Waals surface area contributed by atoms with Gasteiger partial charge in [-0.05, 0) is 6.07 Å². The van der Waals surface area contributed by atoms with Gasteiger partial charge in [-0.15, -0.1) is 0 Å². The van der Waals surface area contributed by atoms with E-state index < -0.39 is 17.6 Å². The van der Waals surface area contributed by atoms with Gasteiger partial charge in [-0.3, -0.25) is 9.59 Å². The average molecular weight is 231 g/mol. The smallest absolute Gasteiger partial charge is 0.252 e. The van der Waals surface area contributed by atoms with Crippen LogP contribution < -0.4 is 9.64 Å². The maximum absolute atomic E-state index is 11.9. The van der Waals surface area contributed by atoms with Crippen LogP contribution in [0.2, 0.25) is 0 Å². The fraction of sp³-hybridized carbons (Fsp3) is 0.273. The Bertz CT molecular complexity index is 547. The summed E-state index contributed by atoms with van der Waals surface area (Å²) in [5.74, 6) is -2.15. The summed E-state index contributed by atoms with van der Waals surface area (Å²) in [7, 11) is 2.94. The molecule has 1 aliphatic rings. The summed E-state index contributed by atoms with van der Waals surface area (Å²) < 4.78 is 4.91. The number of hydrogen-bond donors (Lipinski definition) is 0. The Hall–Kier alpha value is -2.42. The Morgan fingerprint density at radius 2 is 2.18 bits per heavy atom. The van der Waals surface area contributed by atoms with Gasteiger partial charge in [-0.1, -0.05) is 0 Å². The number of Topliss-reactive ketones (excluding diaryl/α,β-unsaturated/α-hetero) is 1. The normalized spacial score (nSPS) is 18.6. The van der Waals surface area contributed by atoms with E-state index in [9.17, 15) is 9.59 Å². The number of anilines is 1. The second kappa shape index (κ2) is 3.87. The molecule has 1 unspecified atom stereocenters. The van der Waals surface area contributed by atoms with Gasteiger partial charge in [0.2, 0.25) is 11.7 Å². The van der Waals surface area contributed by atoms with Crippen molar-refractivity contribution in [1.82, 2.24) is 4.98 Å². The summed E-state index contributed by atoms with van der Waals surface area (Å²) >= 11 is 0. The number of methoxy groups -OCH3 is 1. The summed E-state index contributed by atoms with van der Waals surface area (Å²) in [6.45, 7) is 0. The molecule has 0 aliphatic carbocycles. The number of carbonyl (C=O) groups excluding carboxylic acids is 2. The minimum atomic E-state index is -1.31. The molecule has 1 aliphatic heterocycles. The fourth-order valence-electron chi connectivity index (χ4n) is 1.67. The van der Waals surface area contributed by atoms with E-state index in [4.69, 9.17) is 10.00 Å². The molecule has 6 nitrogen and oxygen atoms in total. The van der Waals surface area contributed by atoms with E-state index in [0.29, 0.717) is 5.69 Å². The van der Waals surface area contributed by atoms with Gasteiger partial charge in [0, 0.05) is 13.1 Å². The highest BCUT2D eigenvalue weighted by atomic mass is 16.5. The molecular weight excluding hydrogens is 222 g/mol. The minimum Gasteiger partial charge on any atom is -0.481 e. The van der Waals surface area contributed by atoms with Crippen molar-refractivity contribution in [2.24, 2.45) is 5.92 Å². The molecule has 17 heavy (non-hydrogen) atoms. The van der Waals surface area contributed by atoms with Crippen LogP contribution in [0.4, 0.5) is 5.69 Å². The lowest BCUT2D eigenvalue weighted by atomic mass is 9.95. The van der Waals surface area contributed by atoms with Gasteiger partial charge < -0.3 is 9.64 Å². The van der Waals surface area contributed by atoms with E-state index in [1.165, 1.54) is 19.1 Å². The first kappa shape index (κ1) is 11.1. The number of pyridine rings is 1. The standard InChI is InChI=1S/C11H9N3O3/c1-14-7-3-4-8(17-2)13-9(7)10(15)6(5-12)11(14)16/h3-4,6H,1-2H3. The van der Waals surface area contributed by atoms with Crippen LogP contribution in [0.1, 0.15) is 10.5 Å². The van der Waals surface area contributed by atoms with Crippen molar-refractivity contribution >= 4 is 17.4 Å². The van der Waals surface area contributed by atoms with Crippen LogP contribution in [-0.2, 0) is 4.79 Å². The molecule has 0 bridgehead atoms. The zero-order chi connectivity index (χ0) is 12.6. The minimum absolute atomic E-state index is 0.0954. The molecule has 1 atom stereocenters. The molecule has 0 saturated carbocycles. The van der Waals surface area contributed by atoms with Gasteiger partial charge in [-0.2, -0.15) is 5.26 Å². The Morgan fingerprint density at radius 1 is 1.47 bits per heavy atom. The van der Waals surface area contributed by atoms with Gasteiger partial charge in [-0.25, -0.2) is 4.98 Å². The number of carbonyl (C=O) groups is 2. The van der Waals surface area contributed by atoms with E-state index in [0.717, 1.165) is 0 Å². The number of ketones is 1. The molecule has 2 rings (SSSR count). The highest BCUT2D eigenvalue weighted by Gasteiger charge is 2.39. The van der Waals surface area contributed by atoms with Crippen LogP contribution in [0, 0.1) is 17.2 Å². The van der Waals surface area contributed by atoms with Crippen LogP contribution in [0.5, 0.6) is 5.88 Å². The lowest BCUT2D eigenvalue weighted by Gasteiger charge is -2.26. The van der Waals surface area contributed by atoms with Gasteiger partial charge in [0.1, 0.15) is 5.69 Å². The molecule has 1 aromatic rings. The first-order chi connectivity index (χ1) is 8.10. The zero-order valence-electron chi connectivity index (χ0n) is 9.30. The van der Waals surface area contributed by atoms with Crippen molar-refractivity contribution in [3.63, 3.8) is 0 Å². The lowest BCUT2D eigenvalue weighted by Crippen LogP contribution is -2.42. The largest absolute Gasteiger partial charge is 0.481 e. The maximum Gasteiger partial charge on any atom is 0.252 e. The topological polar surface area (TPSA) is 83.3 Å². The number of rotatable bonds is 1. The molecule has 0 aromatic carbocycles. The SMILES string of the molecule is COc1ccc2c(n1)C(=O)C(C#N)C(=O)N2C. The van der Waals surface area contributed by atoms with E-state index in [2.05, 4.69) is 4.98 Å². The first-order valence-electron chi connectivity index (χ1n) is 4.86. The van der Waals surface area contributed by atoms with Crippen molar-refractivity contribution in [1.29, 1.82) is 5.26 Å². The summed E-state index contributed by atoms with van der Waals surface area (Å²) in [5.41, 5.74) is 0.491. The van der Waals surface area contributed by atoms with Crippen LogP contribution >= 0.6 is 0 Å². The van der Waals surface area contributed by atoms with Crippen LogP contribution in [0.15, 0.2) is 12.1 Å². The molecule has 0 radical (unpaired) electrons. The molecule has 0 saturated heterocycles. The molecule has 6 heteroatoms. The number of nitrogens with zero attached hydrogens (tertiary/aromatic N) is 3. The van der Waals surface area contributed by atoms with Crippen molar-refractivity contribution in [2.75, 3.05) is 19.1 Å². The van der Waals surface area contributed by atoms with Crippen molar-refractivity contribution < 1.29 is 14.3 Å². The lowest BCUT2D eigenvalue weighted by molar-refractivity contribution is -0.119. The van der Waals surface area contributed by atoms with Crippen molar-refractivity contribution in [3.8, 4) is 11.9 Å². The van der Waals surface area contributed by atoms with E-state index in [1.807, 2.05) is 0 Å². The first-order valence-corrected chi connectivity index (χ1v) is 4.86. The second-order valence-electron chi connectivity index (χ2n) is 3.54. The number of amides is 1. The van der Waals surface area contributed by atoms with Gasteiger partial charge in [0.25, 0.3) is 5.91 Å². The monoisotopic (exact) mass is 231 g/mol. The van der Waals surface area contributed by atoms with E-state index in [1.54, 1.807) is 18.2 Å². The van der Waals surface area contributed by atoms with Gasteiger partial charge in [0.15, 0.2) is 5.92 Å². The van der Waals surface area contributed by atoms with Crippen LogP contribution in [-0.4, -0.2) is 30.8 Å². The maximum atomic E-state index is 11.9. The van der Waals surface area contributed by atoms with Crippen molar-refractivity contribution in [2.45, 2.75) is 0 Å². The number of nitriles is 1. The highest BCUT2D eigenvalue weighted by molar-refractivity contribution is 6.22. The fourth-order valence-corrected chi connectivity index (χ4v) is 1.67. The summed E-state index contributed by atoms with van der Waals surface area (Å²) in [6.07, 6.45) is 0. The third-order valence-electron chi connectivity index (χ3n) is 2.62. The second-order valence-corrected chi connectivity index (χ2v) is 3.54. The highest BCUT2D eigenvalue weighted by Crippen LogP contribution is 2.29. The Balaban J connectivity index is 2.61. The quantitative estimate of drug-likeness (QED) is 0.653. The average Bonchev–Trinajstić information content (AvgIpc) is 2.36. The summed E-state index contributed by atoms with van der Waals surface area (Å²) in [4.78, 5) is 28.8. The Morgan fingerprint density at radius 3 is 2.76 bits per heavy atom. The number of aromatic nitrogens is 1. The Kier molecular flexibility index (Phi) is 2.52. The third kappa shape index (κ3) is 1.52. The predicted octanol–water partition coefficient (Wildman–Crippen LogP) is 0.389. The van der Waals surface area contributed by atoms with Crippen molar-refractivity contribution in [3.05, 3.63) is 17.8 Å². The van der Waals surface area contributed by atoms with Crippen LogP contribution in [0.25, 0.3) is 0 Å². The third-order valence-corrected chi connectivity index (χ3v) is 2.62. The van der Waals surface area contributed by atoms with Gasteiger partial charge in [0.05, 0.1) is 18.9 Å². The molecule has 1 amide bonds.